The van der Waals surface area contributed by atoms with E-state index in [0.29, 0.717) is 6.42 Å². The number of allylic oxidation sites excluding steroid dienone is 2. The third-order valence-electron chi connectivity index (χ3n) is 3.37. The maximum atomic E-state index is 10.0. The second-order valence-electron chi connectivity index (χ2n) is 5.18. The average molecular weight is 278 g/mol. The predicted octanol–water partition coefficient (Wildman–Crippen LogP) is 5.08. The van der Waals surface area contributed by atoms with Crippen molar-refractivity contribution in [1.29, 1.82) is 0 Å². The van der Waals surface area contributed by atoms with Crippen LogP contribution < -0.4 is 0 Å². The van der Waals surface area contributed by atoms with Gasteiger partial charge >= 0.3 is 0 Å². The molecule has 0 aliphatic heterocycles. The summed E-state index contributed by atoms with van der Waals surface area (Å²) in [5, 5.41) is 10.0. The van der Waals surface area contributed by atoms with Crippen molar-refractivity contribution in [3.8, 4) is 0 Å². The van der Waals surface area contributed by atoms with Crippen molar-refractivity contribution < 1.29 is 5.11 Å². The van der Waals surface area contributed by atoms with Crippen LogP contribution in [0.15, 0.2) is 72.8 Å². The molecule has 0 saturated heterocycles. The maximum Gasteiger partial charge on any atom is 0.0824 e. The number of rotatable bonds is 6. The first-order valence-corrected chi connectivity index (χ1v) is 7.37. The number of hydrogen-bond donors (Lipinski definition) is 1. The van der Waals surface area contributed by atoms with E-state index < -0.39 is 6.10 Å². The van der Waals surface area contributed by atoms with Crippen LogP contribution in [0.25, 0.3) is 6.08 Å². The van der Waals surface area contributed by atoms with E-state index in [2.05, 4.69) is 49.4 Å². The van der Waals surface area contributed by atoms with Gasteiger partial charge in [0.25, 0.3) is 0 Å². The quantitative estimate of drug-likeness (QED) is 0.731. The van der Waals surface area contributed by atoms with Crippen molar-refractivity contribution in [2.45, 2.75) is 25.9 Å². The number of hydrogen-bond acceptors (Lipinski definition) is 1. The Balaban J connectivity index is 1.74. The van der Waals surface area contributed by atoms with Crippen LogP contribution in [0.2, 0.25) is 0 Å². The van der Waals surface area contributed by atoms with Crippen LogP contribution in [0.1, 0.15) is 35.6 Å². The second kappa shape index (κ2) is 8.23. The monoisotopic (exact) mass is 278 g/mol. The number of aliphatic hydroxyl groups is 1. The highest BCUT2D eigenvalue weighted by Crippen LogP contribution is 2.16. The Bertz CT molecular complexity index is 579. The van der Waals surface area contributed by atoms with E-state index in [-0.39, 0.29) is 0 Å². The fourth-order valence-corrected chi connectivity index (χ4v) is 2.09. The summed E-state index contributed by atoms with van der Waals surface area (Å²) in [6.45, 7) is 2.09. The van der Waals surface area contributed by atoms with Gasteiger partial charge in [-0.2, -0.15) is 0 Å². The SMILES string of the molecule is Cc1ccc(/C=C/C/C=C/CC(O)c2ccccc2)cc1. The van der Waals surface area contributed by atoms with E-state index in [1.165, 1.54) is 11.1 Å². The van der Waals surface area contributed by atoms with Crippen molar-refractivity contribution in [3.05, 3.63) is 89.5 Å². The van der Waals surface area contributed by atoms with Gasteiger partial charge in [0.05, 0.1) is 6.10 Å². The van der Waals surface area contributed by atoms with Gasteiger partial charge in [-0.05, 0) is 30.9 Å². The lowest BCUT2D eigenvalue weighted by atomic mass is 10.1. The summed E-state index contributed by atoms with van der Waals surface area (Å²) >= 11 is 0. The zero-order valence-corrected chi connectivity index (χ0v) is 12.4. The lowest BCUT2D eigenvalue weighted by molar-refractivity contribution is 0.181. The number of aryl methyl sites for hydroxylation is 1. The molecule has 2 rings (SSSR count). The molecule has 0 heterocycles. The first-order valence-electron chi connectivity index (χ1n) is 7.37. The summed E-state index contributed by atoms with van der Waals surface area (Å²) in [5.41, 5.74) is 3.47. The van der Waals surface area contributed by atoms with Crippen molar-refractivity contribution in [3.63, 3.8) is 0 Å². The van der Waals surface area contributed by atoms with E-state index in [1.807, 2.05) is 36.4 Å². The number of aliphatic hydroxyl groups excluding tert-OH is 1. The molecule has 0 radical (unpaired) electrons. The van der Waals surface area contributed by atoms with E-state index in [0.717, 1.165) is 12.0 Å². The Morgan fingerprint density at radius 1 is 0.905 bits per heavy atom. The molecule has 1 atom stereocenters. The summed E-state index contributed by atoms with van der Waals surface area (Å²) in [6, 6.07) is 18.2. The molecule has 0 aliphatic rings. The Labute approximate surface area is 127 Å². The van der Waals surface area contributed by atoms with E-state index in [1.54, 1.807) is 0 Å². The molecular weight excluding hydrogens is 256 g/mol. The fourth-order valence-electron chi connectivity index (χ4n) is 2.09. The molecule has 0 aliphatic carbocycles. The fraction of sp³-hybridized carbons (Fsp3) is 0.200. The normalized spacial score (nSPS) is 13.0. The van der Waals surface area contributed by atoms with Gasteiger partial charge in [-0.3, -0.25) is 0 Å². The molecule has 1 N–H and O–H groups in total. The summed E-state index contributed by atoms with van der Waals surface area (Å²) < 4.78 is 0. The molecule has 0 spiro atoms. The average Bonchev–Trinajstić information content (AvgIpc) is 2.53. The molecule has 0 aromatic heterocycles. The van der Waals surface area contributed by atoms with Gasteiger partial charge < -0.3 is 5.11 Å². The lowest BCUT2D eigenvalue weighted by Crippen LogP contribution is -1.94. The smallest absolute Gasteiger partial charge is 0.0824 e. The van der Waals surface area contributed by atoms with Crippen LogP contribution >= 0.6 is 0 Å². The highest BCUT2D eigenvalue weighted by atomic mass is 16.3. The Hall–Kier alpha value is -2.12. The summed E-state index contributed by atoms with van der Waals surface area (Å²) in [7, 11) is 0. The van der Waals surface area contributed by atoms with Crippen molar-refractivity contribution >= 4 is 6.08 Å². The van der Waals surface area contributed by atoms with Gasteiger partial charge in [-0.1, -0.05) is 84.5 Å². The molecule has 21 heavy (non-hydrogen) atoms. The highest BCUT2D eigenvalue weighted by molar-refractivity contribution is 5.49. The molecule has 1 unspecified atom stereocenters. The Kier molecular flexibility index (Phi) is 5.99. The van der Waals surface area contributed by atoms with Crippen LogP contribution in [0.5, 0.6) is 0 Å². The zero-order valence-electron chi connectivity index (χ0n) is 12.4. The highest BCUT2D eigenvalue weighted by Gasteiger charge is 2.02. The molecule has 2 aromatic carbocycles. The molecule has 0 saturated carbocycles. The third kappa shape index (κ3) is 5.41. The molecule has 0 bridgehead atoms. The molecule has 108 valence electrons. The molecular formula is C20H22O. The lowest BCUT2D eigenvalue weighted by Gasteiger charge is -2.07. The van der Waals surface area contributed by atoms with Crippen LogP contribution in [0, 0.1) is 6.92 Å². The van der Waals surface area contributed by atoms with Gasteiger partial charge in [0, 0.05) is 0 Å². The summed E-state index contributed by atoms with van der Waals surface area (Å²) in [5.74, 6) is 0. The Morgan fingerprint density at radius 2 is 1.62 bits per heavy atom. The van der Waals surface area contributed by atoms with Crippen molar-refractivity contribution in [1.82, 2.24) is 0 Å². The second-order valence-corrected chi connectivity index (χ2v) is 5.18. The van der Waals surface area contributed by atoms with E-state index in [9.17, 15) is 5.11 Å². The first kappa shape index (κ1) is 15.3. The third-order valence-corrected chi connectivity index (χ3v) is 3.37. The predicted molar refractivity (Wildman–Crippen MR) is 90.0 cm³/mol. The van der Waals surface area contributed by atoms with E-state index in [4.69, 9.17) is 0 Å². The van der Waals surface area contributed by atoms with Crippen LogP contribution in [0.3, 0.4) is 0 Å². The van der Waals surface area contributed by atoms with Crippen molar-refractivity contribution in [2.75, 3.05) is 0 Å². The molecule has 0 amide bonds. The van der Waals surface area contributed by atoms with Gasteiger partial charge in [0.2, 0.25) is 0 Å². The topological polar surface area (TPSA) is 20.2 Å². The standard InChI is InChI=1S/C20H22O/c1-17-13-15-18(16-14-17)9-5-2-3-8-12-20(21)19-10-6-4-7-11-19/h3-11,13-16,20-21H,2,12H2,1H3/b8-3+,9-5+. The van der Waals surface area contributed by atoms with Gasteiger partial charge in [0.1, 0.15) is 0 Å². The summed E-state index contributed by atoms with van der Waals surface area (Å²) in [6.07, 6.45) is 9.52. The first-order chi connectivity index (χ1) is 10.3. The minimum absolute atomic E-state index is 0.413. The van der Waals surface area contributed by atoms with Crippen molar-refractivity contribution in [2.24, 2.45) is 0 Å². The van der Waals surface area contributed by atoms with Gasteiger partial charge in [-0.15, -0.1) is 0 Å². The van der Waals surface area contributed by atoms with Gasteiger partial charge in [0.15, 0.2) is 0 Å². The van der Waals surface area contributed by atoms with Gasteiger partial charge in [-0.25, -0.2) is 0 Å². The molecule has 1 nitrogen and oxygen atoms in total. The molecule has 1 heteroatoms. The van der Waals surface area contributed by atoms with Crippen LogP contribution in [-0.4, -0.2) is 5.11 Å². The molecule has 0 fully saturated rings. The number of benzene rings is 2. The minimum Gasteiger partial charge on any atom is -0.388 e. The minimum atomic E-state index is -0.413. The maximum absolute atomic E-state index is 10.0. The molecule has 2 aromatic rings. The van der Waals surface area contributed by atoms with Crippen LogP contribution in [-0.2, 0) is 0 Å². The van der Waals surface area contributed by atoms with E-state index >= 15 is 0 Å². The summed E-state index contributed by atoms with van der Waals surface area (Å²) in [4.78, 5) is 0. The van der Waals surface area contributed by atoms with Crippen LogP contribution in [0.4, 0.5) is 0 Å². The largest absolute Gasteiger partial charge is 0.388 e. The zero-order chi connectivity index (χ0) is 14.9. The Morgan fingerprint density at radius 3 is 2.33 bits per heavy atom.